The van der Waals surface area contributed by atoms with Crippen molar-refractivity contribution in [2.75, 3.05) is 12.4 Å². The molecule has 2 rings (SSSR count). The van der Waals surface area contributed by atoms with Gasteiger partial charge in [0.15, 0.2) is 5.76 Å². The quantitative estimate of drug-likeness (QED) is 0.627. The number of ether oxygens (including phenoxy) is 1. The van der Waals surface area contributed by atoms with Crippen LogP contribution < -0.4 is 5.32 Å². The van der Waals surface area contributed by atoms with E-state index in [0.717, 1.165) is 10.0 Å². The monoisotopic (exact) mass is 365 g/mol. The first-order valence-corrected chi connectivity index (χ1v) is 7.34. The van der Waals surface area contributed by atoms with E-state index in [9.17, 15) is 4.79 Å². The maximum Gasteiger partial charge on any atom is 0.290 e. The summed E-state index contributed by atoms with van der Waals surface area (Å²) >= 11 is 9.17. The Morgan fingerprint density at radius 2 is 1.76 bits per heavy atom. The van der Waals surface area contributed by atoms with Gasteiger partial charge in [0, 0.05) is 15.2 Å². The summed E-state index contributed by atoms with van der Waals surface area (Å²) in [7, 11) is 1.46. The van der Waals surface area contributed by atoms with Gasteiger partial charge in [-0.2, -0.15) is 0 Å². The fourth-order valence-electron chi connectivity index (χ4n) is 1.65. The first kappa shape index (κ1) is 15.6. The van der Waals surface area contributed by atoms with Crippen LogP contribution in [-0.2, 0) is 9.53 Å². The lowest BCUT2D eigenvalue weighted by Crippen LogP contribution is -2.15. The van der Waals surface area contributed by atoms with Gasteiger partial charge in [0.25, 0.3) is 5.91 Å². The third-order valence-electron chi connectivity index (χ3n) is 2.71. The summed E-state index contributed by atoms with van der Waals surface area (Å²) in [5.41, 5.74) is 1.53. The Morgan fingerprint density at radius 1 is 1.14 bits per heavy atom. The highest BCUT2D eigenvalue weighted by atomic mass is 79.9. The van der Waals surface area contributed by atoms with E-state index in [1.807, 2.05) is 24.3 Å². The third kappa shape index (κ3) is 4.62. The fraction of sp³-hybridized carbons (Fsp3) is 0.0625. The summed E-state index contributed by atoms with van der Waals surface area (Å²) in [4.78, 5) is 12.2. The zero-order valence-corrected chi connectivity index (χ0v) is 13.6. The number of hydrogen-bond donors (Lipinski definition) is 1. The van der Waals surface area contributed by atoms with Crippen LogP contribution in [0, 0.1) is 0 Å². The maximum atomic E-state index is 12.2. The second-order valence-corrected chi connectivity index (χ2v) is 5.58. The molecule has 0 radical (unpaired) electrons. The van der Waals surface area contributed by atoms with Crippen molar-refractivity contribution in [2.45, 2.75) is 0 Å². The van der Waals surface area contributed by atoms with Gasteiger partial charge < -0.3 is 10.1 Å². The van der Waals surface area contributed by atoms with Crippen molar-refractivity contribution in [3.63, 3.8) is 0 Å². The van der Waals surface area contributed by atoms with E-state index in [2.05, 4.69) is 21.2 Å². The lowest BCUT2D eigenvalue weighted by molar-refractivity contribution is -0.115. The zero-order valence-electron chi connectivity index (χ0n) is 11.3. The van der Waals surface area contributed by atoms with Crippen molar-refractivity contribution >= 4 is 45.2 Å². The van der Waals surface area contributed by atoms with E-state index in [0.29, 0.717) is 10.7 Å². The van der Waals surface area contributed by atoms with Crippen LogP contribution in [0.15, 0.2) is 58.8 Å². The number of benzene rings is 2. The van der Waals surface area contributed by atoms with Crippen LogP contribution in [0.4, 0.5) is 5.69 Å². The van der Waals surface area contributed by atoms with Crippen LogP contribution >= 0.6 is 27.5 Å². The molecule has 108 valence electrons. The molecule has 0 saturated carbocycles. The van der Waals surface area contributed by atoms with Crippen LogP contribution in [0.2, 0.25) is 5.02 Å². The summed E-state index contributed by atoms with van der Waals surface area (Å²) in [5.74, 6) is -0.0880. The Morgan fingerprint density at radius 3 is 2.33 bits per heavy atom. The molecule has 21 heavy (non-hydrogen) atoms. The Balaban J connectivity index is 2.14. The molecule has 0 unspecified atom stereocenters. The van der Waals surface area contributed by atoms with Crippen LogP contribution in [0.1, 0.15) is 5.56 Å². The van der Waals surface area contributed by atoms with E-state index in [4.69, 9.17) is 16.3 Å². The summed E-state index contributed by atoms with van der Waals surface area (Å²) in [6.45, 7) is 0. The molecule has 0 aliphatic carbocycles. The van der Waals surface area contributed by atoms with Crippen LogP contribution in [0.3, 0.4) is 0 Å². The highest BCUT2D eigenvalue weighted by molar-refractivity contribution is 9.10. The number of methoxy groups -OCH3 is 1. The molecule has 5 heteroatoms. The van der Waals surface area contributed by atoms with Gasteiger partial charge in [-0.15, -0.1) is 0 Å². The van der Waals surface area contributed by atoms with Crippen molar-refractivity contribution in [1.29, 1.82) is 0 Å². The maximum absolute atomic E-state index is 12.2. The standard InChI is InChI=1S/C16H13BrClNO2/c1-21-15(10-11-2-4-12(17)5-3-11)16(20)19-14-8-6-13(18)7-9-14/h2-10H,1H3,(H,19,20)/b15-10-. The number of anilines is 1. The predicted octanol–water partition coefficient (Wildman–Crippen LogP) is 4.73. The highest BCUT2D eigenvalue weighted by Crippen LogP contribution is 2.16. The van der Waals surface area contributed by atoms with Gasteiger partial charge in [0.05, 0.1) is 7.11 Å². The van der Waals surface area contributed by atoms with Gasteiger partial charge in [-0.1, -0.05) is 39.7 Å². The summed E-state index contributed by atoms with van der Waals surface area (Å²) in [6, 6.07) is 14.5. The molecule has 1 N–H and O–H groups in total. The van der Waals surface area contributed by atoms with Crippen LogP contribution in [0.5, 0.6) is 0 Å². The Bertz CT molecular complexity index is 651. The van der Waals surface area contributed by atoms with Crippen LogP contribution in [0.25, 0.3) is 6.08 Å². The molecule has 0 heterocycles. The highest BCUT2D eigenvalue weighted by Gasteiger charge is 2.10. The molecule has 2 aromatic rings. The van der Waals surface area contributed by atoms with E-state index in [1.165, 1.54) is 7.11 Å². The molecule has 0 saturated heterocycles. The van der Waals surface area contributed by atoms with Crippen molar-refractivity contribution in [3.8, 4) is 0 Å². The largest absolute Gasteiger partial charge is 0.491 e. The minimum absolute atomic E-state index is 0.229. The first-order valence-electron chi connectivity index (χ1n) is 6.16. The van der Waals surface area contributed by atoms with Crippen molar-refractivity contribution in [3.05, 3.63) is 69.3 Å². The number of carbonyl (C=O) groups is 1. The van der Waals surface area contributed by atoms with Gasteiger partial charge >= 0.3 is 0 Å². The van der Waals surface area contributed by atoms with Crippen LogP contribution in [-0.4, -0.2) is 13.0 Å². The van der Waals surface area contributed by atoms with E-state index < -0.39 is 0 Å². The lowest BCUT2D eigenvalue weighted by Gasteiger charge is -2.08. The van der Waals surface area contributed by atoms with Gasteiger partial charge in [-0.05, 0) is 48.0 Å². The van der Waals surface area contributed by atoms with Crippen molar-refractivity contribution < 1.29 is 9.53 Å². The van der Waals surface area contributed by atoms with Gasteiger partial charge in [-0.25, -0.2) is 0 Å². The van der Waals surface area contributed by atoms with Crippen molar-refractivity contribution in [2.24, 2.45) is 0 Å². The Kier molecular flexibility index (Phi) is 5.42. The molecule has 0 fully saturated rings. The number of amides is 1. The molecule has 2 aromatic carbocycles. The zero-order chi connectivity index (χ0) is 15.2. The Labute approximate surface area is 136 Å². The summed E-state index contributed by atoms with van der Waals surface area (Å²) < 4.78 is 6.13. The molecule has 0 aliphatic heterocycles. The minimum Gasteiger partial charge on any atom is -0.491 e. The third-order valence-corrected chi connectivity index (χ3v) is 3.49. The normalized spacial score (nSPS) is 11.1. The number of nitrogens with one attached hydrogen (secondary N) is 1. The molecule has 0 aliphatic rings. The van der Waals surface area contributed by atoms with E-state index in [1.54, 1.807) is 30.3 Å². The molecule has 0 spiro atoms. The summed E-state index contributed by atoms with van der Waals surface area (Å²) in [6.07, 6.45) is 1.68. The topological polar surface area (TPSA) is 38.3 Å². The number of hydrogen-bond acceptors (Lipinski definition) is 2. The summed E-state index contributed by atoms with van der Waals surface area (Å²) in [5, 5.41) is 3.37. The molecular weight excluding hydrogens is 354 g/mol. The number of rotatable bonds is 4. The van der Waals surface area contributed by atoms with Gasteiger partial charge in [0.2, 0.25) is 0 Å². The predicted molar refractivity (Wildman–Crippen MR) is 89.2 cm³/mol. The van der Waals surface area contributed by atoms with E-state index >= 15 is 0 Å². The molecular formula is C16H13BrClNO2. The molecule has 1 amide bonds. The SMILES string of the molecule is CO/C(=C\c1ccc(Br)cc1)C(=O)Nc1ccc(Cl)cc1. The van der Waals surface area contributed by atoms with E-state index in [-0.39, 0.29) is 11.7 Å². The molecule has 0 atom stereocenters. The average molecular weight is 367 g/mol. The lowest BCUT2D eigenvalue weighted by atomic mass is 10.2. The minimum atomic E-state index is -0.317. The molecule has 3 nitrogen and oxygen atoms in total. The van der Waals surface area contributed by atoms with Gasteiger partial charge in [0.1, 0.15) is 0 Å². The fourth-order valence-corrected chi connectivity index (χ4v) is 2.04. The number of halogens is 2. The molecule has 0 aromatic heterocycles. The smallest absolute Gasteiger partial charge is 0.290 e. The second kappa shape index (κ2) is 7.29. The van der Waals surface area contributed by atoms with Crippen molar-refractivity contribution in [1.82, 2.24) is 0 Å². The first-order chi connectivity index (χ1) is 10.1. The molecule has 0 bridgehead atoms. The average Bonchev–Trinajstić information content (AvgIpc) is 2.49. The second-order valence-electron chi connectivity index (χ2n) is 4.23. The Hall–Kier alpha value is -1.78. The van der Waals surface area contributed by atoms with Gasteiger partial charge in [-0.3, -0.25) is 4.79 Å². The number of carbonyl (C=O) groups excluding carboxylic acids is 1.